The van der Waals surface area contributed by atoms with Crippen molar-refractivity contribution < 1.29 is 18.7 Å². The molecule has 0 saturated carbocycles. The van der Waals surface area contributed by atoms with Gasteiger partial charge in [-0.2, -0.15) is 0 Å². The molecule has 0 heterocycles. The molecular weight excluding hydrogens is 331 g/mol. The van der Waals surface area contributed by atoms with Crippen LogP contribution in [-0.4, -0.2) is 36.8 Å². The summed E-state index contributed by atoms with van der Waals surface area (Å²) < 4.78 is 23.1. The maximum absolute atomic E-state index is 12.8. The summed E-state index contributed by atoms with van der Waals surface area (Å²) in [5.41, 5.74) is 9.56. The zero-order valence-corrected chi connectivity index (χ0v) is 15.1. The quantitative estimate of drug-likeness (QED) is 0.272. The Labute approximate surface area is 142 Å². The SMILES string of the molecule is CCOP(=O)(OCC)[C@@H](O)[C@H](CN=[N+]=[N-])N[C@H](C)c1ccccc1. The van der Waals surface area contributed by atoms with Gasteiger partial charge in [-0.25, -0.2) is 0 Å². The highest BCUT2D eigenvalue weighted by Crippen LogP contribution is 2.53. The Balaban J connectivity index is 2.97. The summed E-state index contributed by atoms with van der Waals surface area (Å²) in [6, 6.07) is 8.63. The lowest BCUT2D eigenvalue weighted by Crippen LogP contribution is -2.43. The van der Waals surface area contributed by atoms with E-state index in [2.05, 4.69) is 15.3 Å². The predicted octanol–water partition coefficient (Wildman–Crippen LogP) is 3.60. The highest BCUT2D eigenvalue weighted by molar-refractivity contribution is 7.54. The molecule has 0 aliphatic rings. The van der Waals surface area contributed by atoms with Gasteiger partial charge in [-0.1, -0.05) is 35.4 Å². The van der Waals surface area contributed by atoms with Crippen LogP contribution in [0.25, 0.3) is 10.4 Å². The molecule has 1 rings (SSSR count). The molecule has 8 nitrogen and oxygen atoms in total. The molecule has 0 amide bonds. The van der Waals surface area contributed by atoms with Crippen molar-refractivity contribution in [2.75, 3.05) is 19.8 Å². The number of nitrogens with zero attached hydrogens (tertiary/aromatic N) is 3. The van der Waals surface area contributed by atoms with Crippen molar-refractivity contribution >= 4 is 7.60 Å². The van der Waals surface area contributed by atoms with Crippen LogP contribution < -0.4 is 5.32 Å². The predicted molar refractivity (Wildman–Crippen MR) is 92.7 cm³/mol. The molecule has 0 fully saturated rings. The van der Waals surface area contributed by atoms with Crippen LogP contribution in [0.15, 0.2) is 35.4 Å². The number of azide groups is 1. The van der Waals surface area contributed by atoms with Crippen molar-refractivity contribution in [3.8, 4) is 0 Å². The minimum Gasteiger partial charge on any atom is -0.379 e. The Bertz CT molecular complexity index is 570. The van der Waals surface area contributed by atoms with Gasteiger partial charge in [0.1, 0.15) is 0 Å². The third-order valence-electron chi connectivity index (χ3n) is 3.41. The number of hydrogen-bond acceptors (Lipinski definition) is 6. The van der Waals surface area contributed by atoms with E-state index in [0.717, 1.165) is 5.56 Å². The summed E-state index contributed by atoms with van der Waals surface area (Å²) in [7, 11) is -3.74. The highest BCUT2D eigenvalue weighted by atomic mass is 31.2. The molecule has 0 aliphatic heterocycles. The normalized spacial score (nSPS) is 15.3. The van der Waals surface area contributed by atoms with Crippen LogP contribution in [0.4, 0.5) is 0 Å². The second-order valence-electron chi connectivity index (χ2n) is 5.11. The molecular formula is C15H25N4O4P. The van der Waals surface area contributed by atoms with Gasteiger partial charge in [0.15, 0.2) is 5.85 Å². The minimum atomic E-state index is -3.74. The van der Waals surface area contributed by atoms with E-state index in [-0.39, 0.29) is 25.8 Å². The van der Waals surface area contributed by atoms with Gasteiger partial charge < -0.3 is 19.5 Å². The van der Waals surface area contributed by atoms with Gasteiger partial charge in [-0.05, 0) is 31.9 Å². The summed E-state index contributed by atoms with van der Waals surface area (Å²) in [6.07, 6.45) is 0. The van der Waals surface area contributed by atoms with E-state index in [4.69, 9.17) is 14.6 Å². The van der Waals surface area contributed by atoms with Crippen molar-refractivity contribution in [2.45, 2.75) is 38.7 Å². The first kappa shape index (κ1) is 20.6. The molecule has 0 spiro atoms. The van der Waals surface area contributed by atoms with Crippen LogP contribution in [0.1, 0.15) is 32.4 Å². The summed E-state index contributed by atoms with van der Waals surface area (Å²) in [5, 5.41) is 17.2. The Morgan fingerprint density at radius 2 is 1.88 bits per heavy atom. The number of rotatable bonds is 11. The van der Waals surface area contributed by atoms with Crippen LogP contribution in [0.3, 0.4) is 0 Å². The summed E-state index contributed by atoms with van der Waals surface area (Å²) in [5.74, 6) is -1.45. The maximum Gasteiger partial charge on any atom is 0.360 e. The zero-order valence-electron chi connectivity index (χ0n) is 14.2. The van der Waals surface area contributed by atoms with E-state index in [0.29, 0.717) is 0 Å². The van der Waals surface area contributed by atoms with Crippen LogP contribution >= 0.6 is 7.60 Å². The average Bonchev–Trinajstić information content (AvgIpc) is 2.59. The fraction of sp³-hybridized carbons (Fsp3) is 0.600. The third-order valence-corrected chi connectivity index (χ3v) is 5.65. The number of nitrogens with one attached hydrogen (secondary N) is 1. The molecule has 24 heavy (non-hydrogen) atoms. The molecule has 0 radical (unpaired) electrons. The average molecular weight is 356 g/mol. The Morgan fingerprint density at radius 1 is 1.29 bits per heavy atom. The monoisotopic (exact) mass is 356 g/mol. The van der Waals surface area contributed by atoms with Crippen molar-refractivity contribution in [3.63, 3.8) is 0 Å². The largest absolute Gasteiger partial charge is 0.379 e. The molecule has 9 heteroatoms. The second-order valence-corrected chi connectivity index (χ2v) is 7.23. The van der Waals surface area contributed by atoms with E-state index < -0.39 is 19.5 Å². The zero-order chi connectivity index (χ0) is 18.0. The molecule has 1 aromatic carbocycles. The topological polar surface area (TPSA) is 117 Å². The van der Waals surface area contributed by atoms with Crippen LogP contribution in [0.5, 0.6) is 0 Å². The van der Waals surface area contributed by atoms with E-state index in [1.165, 1.54) is 0 Å². The molecule has 0 unspecified atom stereocenters. The van der Waals surface area contributed by atoms with Gasteiger partial charge in [-0.15, -0.1) is 0 Å². The molecule has 1 aromatic rings. The van der Waals surface area contributed by atoms with E-state index in [1.807, 2.05) is 37.3 Å². The number of hydrogen-bond donors (Lipinski definition) is 2. The van der Waals surface area contributed by atoms with Gasteiger partial charge in [0.25, 0.3) is 0 Å². The van der Waals surface area contributed by atoms with Crippen LogP contribution in [0.2, 0.25) is 0 Å². The number of aliphatic hydroxyl groups excluding tert-OH is 1. The van der Waals surface area contributed by atoms with Gasteiger partial charge >= 0.3 is 7.60 Å². The first-order chi connectivity index (χ1) is 11.5. The lowest BCUT2D eigenvalue weighted by Gasteiger charge is -2.30. The summed E-state index contributed by atoms with van der Waals surface area (Å²) in [4.78, 5) is 2.71. The molecule has 2 N–H and O–H groups in total. The van der Waals surface area contributed by atoms with Crippen LogP contribution in [-0.2, 0) is 13.6 Å². The fourth-order valence-electron chi connectivity index (χ4n) is 2.29. The maximum atomic E-state index is 12.8. The van der Waals surface area contributed by atoms with Gasteiger partial charge in [0, 0.05) is 17.5 Å². The second kappa shape index (κ2) is 10.5. The summed E-state index contributed by atoms with van der Waals surface area (Å²) in [6.45, 7) is 5.42. The molecule has 0 aliphatic carbocycles. The van der Waals surface area contributed by atoms with Gasteiger partial charge in [0.05, 0.1) is 19.3 Å². The first-order valence-corrected chi connectivity index (χ1v) is 9.48. The number of aliphatic hydroxyl groups is 1. The van der Waals surface area contributed by atoms with Crippen LogP contribution in [0, 0.1) is 0 Å². The molecule has 134 valence electrons. The third kappa shape index (κ3) is 5.91. The molecule has 0 aromatic heterocycles. The van der Waals surface area contributed by atoms with Gasteiger partial charge in [0.2, 0.25) is 0 Å². The van der Waals surface area contributed by atoms with E-state index >= 15 is 0 Å². The molecule has 3 atom stereocenters. The highest BCUT2D eigenvalue weighted by Gasteiger charge is 2.40. The van der Waals surface area contributed by atoms with Crippen molar-refractivity contribution in [1.82, 2.24) is 5.32 Å². The molecule has 0 bridgehead atoms. The standard InChI is InChI=1S/C15H25N4O4P/c1-4-22-24(21,23-5-2)15(20)14(11-17-19-16)18-12(3)13-9-7-6-8-10-13/h6-10,12,14-15,18,20H,4-5,11H2,1-3H3/t12-,14+,15-/m1/s1. The summed E-state index contributed by atoms with van der Waals surface area (Å²) >= 11 is 0. The van der Waals surface area contributed by atoms with E-state index in [1.54, 1.807) is 13.8 Å². The Hall–Kier alpha value is -1.40. The number of benzene rings is 1. The molecule has 0 saturated heterocycles. The Kier molecular flexibility index (Phi) is 9.00. The Morgan fingerprint density at radius 3 is 2.38 bits per heavy atom. The lowest BCUT2D eigenvalue weighted by molar-refractivity contribution is 0.123. The van der Waals surface area contributed by atoms with Crippen molar-refractivity contribution in [3.05, 3.63) is 46.3 Å². The minimum absolute atomic E-state index is 0.0843. The lowest BCUT2D eigenvalue weighted by atomic mass is 10.1. The van der Waals surface area contributed by atoms with E-state index in [9.17, 15) is 9.67 Å². The fourth-order valence-corrected chi connectivity index (χ4v) is 4.01. The van der Waals surface area contributed by atoms with Crippen molar-refractivity contribution in [1.29, 1.82) is 0 Å². The first-order valence-electron chi connectivity index (χ1n) is 7.87. The van der Waals surface area contributed by atoms with Crippen molar-refractivity contribution in [2.24, 2.45) is 5.11 Å². The smallest absolute Gasteiger partial charge is 0.360 e. The van der Waals surface area contributed by atoms with Gasteiger partial charge in [-0.3, -0.25) is 4.57 Å².